The fraction of sp³-hybridized carbons (Fsp3) is 0.400. The van der Waals surface area contributed by atoms with Gasteiger partial charge in [-0.1, -0.05) is 11.6 Å². The minimum absolute atomic E-state index is 0.0667. The van der Waals surface area contributed by atoms with E-state index in [1.165, 1.54) is 6.07 Å². The highest BCUT2D eigenvalue weighted by Crippen LogP contribution is 2.27. The Morgan fingerprint density at radius 3 is 2.65 bits per heavy atom. The summed E-state index contributed by atoms with van der Waals surface area (Å²) in [6, 6.07) is 3.22. The summed E-state index contributed by atoms with van der Waals surface area (Å²) in [4.78, 5) is 0. The number of rotatable bonds is 4. The van der Waals surface area contributed by atoms with Crippen molar-refractivity contribution >= 4 is 33.2 Å². The van der Waals surface area contributed by atoms with E-state index in [9.17, 15) is 8.42 Å². The molecule has 5 nitrogen and oxygen atoms in total. The second-order valence-electron chi connectivity index (χ2n) is 4.19. The number of hydrogen-bond acceptors (Lipinski definition) is 3. The standard InChI is InChI=1S/C10H14ClN3O2S/c1-6-4-9(12)8(11)5-10(6)14-17(15,16)13-7-2-3-7/h4-5,7,13-14H,2-3,12H2,1H3. The van der Waals surface area contributed by atoms with Gasteiger partial charge in [0.25, 0.3) is 10.2 Å². The van der Waals surface area contributed by atoms with Crippen molar-refractivity contribution in [2.24, 2.45) is 0 Å². The lowest BCUT2D eigenvalue weighted by molar-refractivity contribution is 0.586. The summed E-state index contributed by atoms with van der Waals surface area (Å²) in [5.74, 6) is 0. The maximum atomic E-state index is 11.7. The van der Waals surface area contributed by atoms with Crippen LogP contribution < -0.4 is 15.2 Å². The SMILES string of the molecule is Cc1cc(N)c(Cl)cc1NS(=O)(=O)NC1CC1. The van der Waals surface area contributed by atoms with Crippen molar-refractivity contribution in [3.8, 4) is 0 Å². The minimum atomic E-state index is -3.52. The number of nitrogens with two attached hydrogens (primary N) is 1. The first-order valence-electron chi connectivity index (χ1n) is 5.23. The molecule has 0 unspecified atom stereocenters. The first-order chi connectivity index (χ1) is 7.87. The van der Waals surface area contributed by atoms with E-state index >= 15 is 0 Å². The maximum absolute atomic E-state index is 11.7. The molecule has 4 N–H and O–H groups in total. The molecule has 7 heteroatoms. The fourth-order valence-electron chi connectivity index (χ4n) is 1.41. The Bertz CT molecular complexity index is 541. The molecule has 0 amide bonds. The summed E-state index contributed by atoms with van der Waals surface area (Å²) < 4.78 is 28.4. The number of anilines is 2. The molecule has 17 heavy (non-hydrogen) atoms. The Kier molecular flexibility index (Phi) is 3.20. The topological polar surface area (TPSA) is 84.2 Å². The average molecular weight is 276 g/mol. The Morgan fingerprint density at radius 2 is 2.06 bits per heavy atom. The van der Waals surface area contributed by atoms with Crippen LogP contribution >= 0.6 is 11.6 Å². The lowest BCUT2D eigenvalue weighted by atomic mass is 10.2. The molecular weight excluding hydrogens is 262 g/mol. The summed E-state index contributed by atoms with van der Waals surface area (Å²) >= 11 is 5.85. The summed E-state index contributed by atoms with van der Waals surface area (Å²) in [5.41, 5.74) is 7.22. The van der Waals surface area contributed by atoms with Crippen molar-refractivity contribution in [2.45, 2.75) is 25.8 Å². The molecule has 0 atom stereocenters. The van der Waals surface area contributed by atoms with E-state index < -0.39 is 10.2 Å². The summed E-state index contributed by atoms with van der Waals surface area (Å²) in [6.45, 7) is 1.77. The number of nitrogens with one attached hydrogen (secondary N) is 2. The average Bonchev–Trinajstić information content (AvgIpc) is 2.96. The number of benzene rings is 1. The molecule has 1 aliphatic carbocycles. The number of hydrogen-bond donors (Lipinski definition) is 3. The minimum Gasteiger partial charge on any atom is -0.398 e. The lowest BCUT2D eigenvalue weighted by Gasteiger charge is -2.12. The van der Waals surface area contributed by atoms with Crippen LogP contribution in [0.4, 0.5) is 11.4 Å². The maximum Gasteiger partial charge on any atom is 0.299 e. The molecule has 94 valence electrons. The lowest BCUT2D eigenvalue weighted by Crippen LogP contribution is -2.32. The molecule has 0 aliphatic heterocycles. The largest absolute Gasteiger partial charge is 0.398 e. The van der Waals surface area contributed by atoms with Gasteiger partial charge in [-0.25, -0.2) is 0 Å². The summed E-state index contributed by atoms with van der Waals surface area (Å²) in [5, 5.41) is 0.333. The van der Waals surface area contributed by atoms with Crippen LogP contribution in [0.5, 0.6) is 0 Å². The second-order valence-corrected chi connectivity index (χ2v) is 6.04. The summed E-state index contributed by atoms with van der Waals surface area (Å²) in [6.07, 6.45) is 1.78. The third kappa shape index (κ3) is 3.24. The Balaban J connectivity index is 2.20. The number of aryl methyl sites for hydroxylation is 1. The highest BCUT2D eigenvalue weighted by atomic mass is 35.5. The van der Waals surface area contributed by atoms with E-state index in [-0.39, 0.29) is 6.04 Å². The molecular formula is C10H14ClN3O2S. The molecule has 0 aromatic heterocycles. The quantitative estimate of drug-likeness (QED) is 0.731. The molecule has 1 aliphatic rings. The van der Waals surface area contributed by atoms with Crippen molar-refractivity contribution in [2.75, 3.05) is 10.5 Å². The zero-order chi connectivity index (χ0) is 12.6. The first kappa shape index (κ1) is 12.5. The first-order valence-corrected chi connectivity index (χ1v) is 7.09. The van der Waals surface area contributed by atoms with Gasteiger partial charge in [0.05, 0.1) is 16.4 Å². The van der Waals surface area contributed by atoms with Crippen LogP contribution in [0, 0.1) is 6.92 Å². The van der Waals surface area contributed by atoms with Gasteiger partial charge in [-0.2, -0.15) is 13.1 Å². The molecule has 1 fully saturated rings. The predicted molar refractivity (Wildman–Crippen MR) is 69.3 cm³/mol. The smallest absolute Gasteiger partial charge is 0.299 e. The molecule has 1 saturated carbocycles. The monoisotopic (exact) mass is 275 g/mol. The van der Waals surface area contributed by atoms with Crippen LogP contribution in [0.1, 0.15) is 18.4 Å². The van der Waals surface area contributed by atoms with Crippen molar-refractivity contribution in [3.63, 3.8) is 0 Å². The number of nitrogen functional groups attached to an aromatic ring is 1. The van der Waals surface area contributed by atoms with Crippen LogP contribution in [0.3, 0.4) is 0 Å². The molecule has 0 saturated heterocycles. The van der Waals surface area contributed by atoms with E-state index in [1.54, 1.807) is 13.0 Å². The van der Waals surface area contributed by atoms with Crippen molar-refractivity contribution < 1.29 is 8.42 Å². The highest BCUT2D eigenvalue weighted by molar-refractivity contribution is 7.90. The van der Waals surface area contributed by atoms with Crippen LogP contribution in [-0.4, -0.2) is 14.5 Å². The van der Waals surface area contributed by atoms with Crippen molar-refractivity contribution in [1.29, 1.82) is 0 Å². The van der Waals surface area contributed by atoms with E-state index in [0.717, 1.165) is 18.4 Å². The molecule has 2 rings (SSSR count). The molecule has 0 bridgehead atoms. The van der Waals surface area contributed by atoms with Crippen LogP contribution in [0.25, 0.3) is 0 Å². The van der Waals surface area contributed by atoms with E-state index in [1.807, 2.05) is 0 Å². The van der Waals surface area contributed by atoms with Crippen molar-refractivity contribution in [1.82, 2.24) is 4.72 Å². The van der Waals surface area contributed by atoms with E-state index in [2.05, 4.69) is 9.44 Å². The van der Waals surface area contributed by atoms with Gasteiger partial charge in [-0.15, -0.1) is 0 Å². The third-order valence-electron chi connectivity index (χ3n) is 2.49. The Hall–Kier alpha value is -0.980. The second kappa shape index (κ2) is 4.36. The Labute approximate surface area is 106 Å². The summed E-state index contributed by atoms with van der Waals surface area (Å²) in [7, 11) is -3.52. The van der Waals surface area contributed by atoms with E-state index in [4.69, 9.17) is 17.3 Å². The molecule has 1 aromatic carbocycles. The van der Waals surface area contributed by atoms with Gasteiger partial charge in [-0.05, 0) is 37.5 Å². The van der Waals surface area contributed by atoms with Gasteiger partial charge in [0.15, 0.2) is 0 Å². The Morgan fingerprint density at radius 1 is 1.41 bits per heavy atom. The zero-order valence-electron chi connectivity index (χ0n) is 9.33. The molecule has 1 aromatic rings. The normalized spacial score (nSPS) is 15.9. The van der Waals surface area contributed by atoms with E-state index in [0.29, 0.717) is 16.4 Å². The third-order valence-corrected chi connectivity index (χ3v) is 3.95. The van der Waals surface area contributed by atoms with Gasteiger partial charge in [-0.3, -0.25) is 4.72 Å². The highest BCUT2D eigenvalue weighted by Gasteiger charge is 2.27. The van der Waals surface area contributed by atoms with Crippen LogP contribution in [0.15, 0.2) is 12.1 Å². The van der Waals surface area contributed by atoms with Gasteiger partial charge in [0, 0.05) is 6.04 Å². The van der Waals surface area contributed by atoms with Crippen LogP contribution in [-0.2, 0) is 10.2 Å². The van der Waals surface area contributed by atoms with Gasteiger partial charge >= 0.3 is 0 Å². The van der Waals surface area contributed by atoms with Gasteiger partial charge in [0.2, 0.25) is 0 Å². The fourth-order valence-corrected chi connectivity index (χ4v) is 2.82. The predicted octanol–water partition coefficient (Wildman–Crippen LogP) is 1.64. The van der Waals surface area contributed by atoms with Crippen LogP contribution in [0.2, 0.25) is 5.02 Å². The number of halogens is 1. The van der Waals surface area contributed by atoms with Gasteiger partial charge < -0.3 is 5.73 Å². The zero-order valence-corrected chi connectivity index (χ0v) is 10.9. The van der Waals surface area contributed by atoms with Crippen molar-refractivity contribution in [3.05, 3.63) is 22.7 Å². The molecule has 0 heterocycles. The molecule has 0 radical (unpaired) electrons. The molecule has 0 spiro atoms. The van der Waals surface area contributed by atoms with Gasteiger partial charge in [0.1, 0.15) is 0 Å².